The Kier molecular flexibility index (Phi) is 11.8. The lowest BCUT2D eigenvalue weighted by atomic mass is 10.3. The molecule has 0 bridgehead atoms. The van der Waals surface area contributed by atoms with E-state index in [4.69, 9.17) is 9.84 Å². The molecule has 0 radical (unpaired) electrons. The van der Waals surface area contributed by atoms with Crippen LogP contribution in [0.3, 0.4) is 0 Å². The van der Waals surface area contributed by atoms with Gasteiger partial charge in [-0.3, -0.25) is 14.7 Å². The molecule has 1 aliphatic heterocycles. The van der Waals surface area contributed by atoms with Gasteiger partial charge in [-0.25, -0.2) is 0 Å². The first-order valence-electron chi connectivity index (χ1n) is 9.16. The number of nitrogens with zero attached hydrogens (tertiary/aromatic N) is 5. The summed E-state index contributed by atoms with van der Waals surface area (Å²) in [4.78, 5) is 12.0. The number of ether oxygens (including phenoxy) is 1. The standard InChI is InChI=1S/C17H39N5O2/c1-18(2)7-5-9-20-15-21(10-6-8-19(3)4)17-22(16-20)11-13-24-14-12-23/h23H,5-17H2,1-4H3. The molecular weight excluding hydrogens is 306 g/mol. The second-order valence-corrected chi connectivity index (χ2v) is 7.26. The van der Waals surface area contributed by atoms with Crippen molar-refractivity contribution in [2.75, 3.05) is 101 Å². The molecule has 1 saturated heterocycles. The van der Waals surface area contributed by atoms with Crippen LogP contribution in [0.25, 0.3) is 0 Å². The SMILES string of the molecule is CN(C)CCCN1CN(CCCN(C)C)CN(CCOCCO)C1. The second kappa shape index (κ2) is 13.0. The van der Waals surface area contributed by atoms with Crippen LogP contribution in [0, 0.1) is 0 Å². The van der Waals surface area contributed by atoms with Crippen LogP contribution in [0.4, 0.5) is 0 Å². The monoisotopic (exact) mass is 345 g/mol. The number of hydrogen-bond acceptors (Lipinski definition) is 7. The fraction of sp³-hybridized carbons (Fsp3) is 1.00. The zero-order chi connectivity index (χ0) is 17.8. The van der Waals surface area contributed by atoms with Crippen molar-refractivity contribution >= 4 is 0 Å². The smallest absolute Gasteiger partial charge is 0.0698 e. The Morgan fingerprint density at radius 3 is 1.62 bits per heavy atom. The van der Waals surface area contributed by atoms with Crippen LogP contribution >= 0.6 is 0 Å². The van der Waals surface area contributed by atoms with Gasteiger partial charge in [0.05, 0.1) is 39.8 Å². The predicted octanol–water partition coefficient (Wildman–Crippen LogP) is -0.309. The van der Waals surface area contributed by atoms with E-state index in [0.29, 0.717) is 13.2 Å². The predicted molar refractivity (Wildman–Crippen MR) is 99.0 cm³/mol. The van der Waals surface area contributed by atoms with Crippen molar-refractivity contribution < 1.29 is 9.84 Å². The summed E-state index contributed by atoms with van der Waals surface area (Å²) < 4.78 is 5.44. The molecule has 0 aliphatic carbocycles. The molecule has 1 aliphatic rings. The van der Waals surface area contributed by atoms with Gasteiger partial charge < -0.3 is 19.6 Å². The third-order valence-corrected chi connectivity index (χ3v) is 4.15. The molecule has 0 unspecified atom stereocenters. The number of aliphatic hydroxyl groups excluding tert-OH is 1. The fourth-order valence-corrected chi connectivity index (χ4v) is 2.99. The van der Waals surface area contributed by atoms with E-state index in [1.54, 1.807) is 0 Å². The normalized spacial score (nSPS) is 18.1. The minimum absolute atomic E-state index is 0.104. The first-order chi connectivity index (χ1) is 11.5. The number of hydrogen-bond donors (Lipinski definition) is 1. The van der Waals surface area contributed by atoms with Gasteiger partial charge in [0.15, 0.2) is 0 Å². The van der Waals surface area contributed by atoms with E-state index in [1.807, 2.05) is 0 Å². The van der Waals surface area contributed by atoms with E-state index in [0.717, 1.165) is 52.7 Å². The molecular formula is C17H39N5O2. The summed E-state index contributed by atoms with van der Waals surface area (Å²) in [5.41, 5.74) is 0. The highest BCUT2D eigenvalue weighted by molar-refractivity contribution is 4.70. The van der Waals surface area contributed by atoms with Crippen LogP contribution in [0.1, 0.15) is 12.8 Å². The summed E-state index contributed by atoms with van der Waals surface area (Å²) in [5, 5.41) is 8.81. The lowest BCUT2D eigenvalue weighted by molar-refractivity contribution is -0.0433. The summed E-state index contributed by atoms with van der Waals surface area (Å²) in [6.07, 6.45) is 2.40. The minimum Gasteiger partial charge on any atom is -0.394 e. The lowest BCUT2D eigenvalue weighted by Crippen LogP contribution is -2.56. The highest BCUT2D eigenvalue weighted by Gasteiger charge is 2.22. The fourth-order valence-electron chi connectivity index (χ4n) is 2.99. The van der Waals surface area contributed by atoms with Crippen LogP contribution < -0.4 is 0 Å². The van der Waals surface area contributed by atoms with Crippen molar-refractivity contribution in [2.24, 2.45) is 0 Å². The third kappa shape index (κ3) is 10.6. The lowest BCUT2D eigenvalue weighted by Gasteiger charge is -2.42. The summed E-state index contributed by atoms with van der Waals surface area (Å²) in [5.74, 6) is 0. The molecule has 0 aromatic carbocycles. The average Bonchev–Trinajstić information content (AvgIpc) is 2.51. The molecule has 144 valence electrons. The molecule has 0 aromatic heterocycles. The molecule has 24 heavy (non-hydrogen) atoms. The van der Waals surface area contributed by atoms with Gasteiger partial charge in [0.2, 0.25) is 0 Å². The zero-order valence-electron chi connectivity index (χ0n) is 16.3. The quantitative estimate of drug-likeness (QED) is 0.460. The molecule has 1 N–H and O–H groups in total. The van der Waals surface area contributed by atoms with Gasteiger partial charge in [0, 0.05) is 19.6 Å². The van der Waals surface area contributed by atoms with Crippen molar-refractivity contribution in [1.82, 2.24) is 24.5 Å². The Morgan fingerprint density at radius 2 is 1.21 bits per heavy atom. The van der Waals surface area contributed by atoms with Crippen LogP contribution in [-0.2, 0) is 4.74 Å². The third-order valence-electron chi connectivity index (χ3n) is 4.15. The van der Waals surface area contributed by atoms with Gasteiger partial charge in [-0.2, -0.15) is 0 Å². The number of aliphatic hydroxyl groups is 1. The summed E-state index contributed by atoms with van der Waals surface area (Å²) in [6, 6.07) is 0. The molecule has 1 rings (SSSR count). The van der Waals surface area contributed by atoms with Crippen LogP contribution in [0.15, 0.2) is 0 Å². The van der Waals surface area contributed by atoms with Gasteiger partial charge in [-0.1, -0.05) is 0 Å². The van der Waals surface area contributed by atoms with E-state index in [2.05, 4.69) is 52.7 Å². The second-order valence-electron chi connectivity index (χ2n) is 7.26. The molecule has 1 heterocycles. The minimum atomic E-state index is 0.104. The van der Waals surface area contributed by atoms with Crippen LogP contribution in [-0.4, -0.2) is 130 Å². The molecule has 7 heteroatoms. The summed E-state index contributed by atoms with van der Waals surface area (Å²) >= 11 is 0. The molecule has 0 saturated carbocycles. The molecule has 0 atom stereocenters. The van der Waals surface area contributed by atoms with Crippen molar-refractivity contribution in [3.63, 3.8) is 0 Å². The highest BCUT2D eigenvalue weighted by Crippen LogP contribution is 2.09. The molecule has 7 nitrogen and oxygen atoms in total. The van der Waals surface area contributed by atoms with Gasteiger partial charge in [-0.05, 0) is 54.1 Å². The van der Waals surface area contributed by atoms with E-state index < -0.39 is 0 Å². The topological polar surface area (TPSA) is 45.7 Å². The maximum Gasteiger partial charge on any atom is 0.0698 e. The Hall–Kier alpha value is -0.280. The zero-order valence-corrected chi connectivity index (χ0v) is 16.3. The molecule has 0 amide bonds. The Balaban J connectivity index is 2.38. The average molecular weight is 346 g/mol. The molecule has 0 spiro atoms. The van der Waals surface area contributed by atoms with Gasteiger partial charge >= 0.3 is 0 Å². The Labute approximate surface area is 148 Å². The maximum absolute atomic E-state index is 8.81. The van der Waals surface area contributed by atoms with E-state index >= 15 is 0 Å². The van der Waals surface area contributed by atoms with Crippen LogP contribution in [0.5, 0.6) is 0 Å². The van der Waals surface area contributed by atoms with E-state index in [9.17, 15) is 0 Å². The van der Waals surface area contributed by atoms with Crippen molar-refractivity contribution in [3.05, 3.63) is 0 Å². The van der Waals surface area contributed by atoms with E-state index in [1.165, 1.54) is 12.8 Å². The van der Waals surface area contributed by atoms with Crippen LogP contribution in [0.2, 0.25) is 0 Å². The van der Waals surface area contributed by atoms with Crippen molar-refractivity contribution in [2.45, 2.75) is 12.8 Å². The summed E-state index contributed by atoms with van der Waals surface area (Å²) in [7, 11) is 8.53. The first-order valence-corrected chi connectivity index (χ1v) is 9.16. The van der Waals surface area contributed by atoms with Crippen molar-refractivity contribution in [1.29, 1.82) is 0 Å². The van der Waals surface area contributed by atoms with Gasteiger partial charge in [0.25, 0.3) is 0 Å². The maximum atomic E-state index is 8.81. The Morgan fingerprint density at radius 1 is 0.750 bits per heavy atom. The summed E-state index contributed by atoms with van der Waals surface area (Å²) in [6.45, 7) is 9.79. The number of rotatable bonds is 13. The van der Waals surface area contributed by atoms with E-state index in [-0.39, 0.29) is 6.61 Å². The van der Waals surface area contributed by atoms with Crippen molar-refractivity contribution in [3.8, 4) is 0 Å². The first kappa shape index (κ1) is 21.8. The largest absolute Gasteiger partial charge is 0.394 e. The van der Waals surface area contributed by atoms with Gasteiger partial charge in [0.1, 0.15) is 0 Å². The van der Waals surface area contributed by atoms with Gasteiger partial charge in [-0.15, -0.1) is 0 Å². The highest BCUT2D eigenvalue weighted by atomic mass is 16.5. The molecule has 0 aromatic rings. The molecule has 1 fully saturated rings. The Bertz CT molecular complexity index is 283.